The summed E-state index contributed by atoms with van der Waals surface area (Å²) in [5, 5.41) is 0. The Bertz CT molecular complexity index is 354. The molecule has 0 amide bonds. The average Bonchev–Trinajstić information content (AvgIpc) is 2.73. The molecule has 0 saturated heterocycles. The standard InChI is InChI=1S/C13H24BrN3S/c1-5-10(15)13(11-6-7-12(14)18-11)17(4)9-8-16(2)3/h6-7,10,13H,5,8-9,15H2,1-4H3. The molecule has 0 fully saturated rings. The van der Waals surface area contributed by atoms with Crippen LogP contribution in [-0.2, 0) is 0 Å². The minimum absolute atomic E-state index is 0.183. The predicted octanol–water partition coefficient (Wildman–Crippen LogP) is 2.78. The molecule has 104 valence electrons. The molecule has 0 spiro atoms. The summed E-state index contributed by atoms with van der Waals surface area (Å²) in [5.41, 5.74) is 6.30. The van der Waals surface area contributed by atoms with Gasteiger partial charge in [0.1, 0.15) is 0 Å². The fourth-order valence-corrected chi connectivity index (χ4v) is 3.63. The van der Waals surface area contributed by atoms with Crippen LogP contribution in [0.5, 0.6) is 0 Å². The SMILES string of the molecule is CCC(N)C(c1ccc(Br)s1)N(C)CCN(C)C. The first-order chi connectivity index (χ1) is 8.45. The van der Waals surface area contributed by atoms with Gasteiger partial charge in [-0.2, -0.15) is 0 Å². The Labute approximate surface area is 123 Å². The molecule has 0 radical (unpaired) electrons. The summed E-state index contributed by atoms with van der Waals surface area (Å²) in [6, 6.07) is 4.78. The molecule has 2 N–H and O–H groups in total. The molecule has 0 aromatic carbocycles. The van der Waals surface area contributed by atoms with Crippen LogP contribution in [0.2, 0.25) is 0 Å². The van der Waals surface area contributed by atoms with Crippen molar-refractivity contribution in [3.05, 3.63) is 20.8 Å². The van der Waals surface area contributed by atoms with E-state index in [-0.39, 0.29) is 6.04 Å². The normalized spacial score (nSPS) is 15.3. The van der Waals surface area contributed by atoms with E-state index in [2.05, 4.69) is 65.9 Å². The highest BCUT2D eigenvalue weighted by molar-refractivity contribution is 9.11. The molecule has 2 unspecified atom stereocenters. The lowest BCUT2D eigenvalue weighted by molar-refractivity contribution is 0.194. The van der Waals surface area contributed by atoms with Gasteiger partial charge in [-0.3, -0.25) is 4.90 Å². The van der Waals surface area contributed by atoms with Gasteiger partial charge in [-0.25, -0.2) is 0 Å². The molecule has 1 rings (SSSR count). The fourth-order valence-electron chi connectivity index (χ4n) is 1.96. The Morgan fingerprint density at radius 1 is 1.28 bits per heavy atom. The zero-order valence-corrected chi connectivity index (χ0v) is 14.1. The summed E-state index contributed by atoms with van der Waals surface area (Å²) in [6.07, 6.45) is 0.993. The Hall–Kier alpha value is 0.0600. The highest BCUT2D eigenvalue weighted by Crippen LogP contribution is 2.32. The maximum atomic E-state index is 6.30. The predicted molar refractivity (Wildman–Crippen MR) is 84.2 cm³/mol. The smallest absolute Gasteiger partial charge is 0.0702 e. The number of nitrogens with two attached hydrogens (primary N) is 1. The van der Waals surface area contributed by atoms with Crippen LogP contribution in [0, 0.1) is 0 Å². The molecule has 1 aromatic rings. The van der Waals surface area contributed by atoms with Gasteiger partial charge in [-0.15, -0.1) is 11.3 Å². The van der Waals surface area contributed by atoms with Crippen LogP contribution in [0.3, 0.4) is 0 Å². The zero-order valence-electron chi connectivity index (χ0n) is 11.7. The van der Waals surface area contributed by atoms with Crippen molar-refractivity contribution in [3.63, 3.8) is 0 Å². The first-order valence-electron chi connectivity index (χ1n) is 6.31. The highest BCUT2D eigenvalue weighted by Gasteiger charge is 2.24. The molecular weight excluding hydrogens is 310 g/mol. The lowest BCUT2D eigenvalue weighted by Crippen LogP contribution is -2.41. The number of thiophene rings is 1. The molecule has 3 nitrogen and oxygen atoms in total. The van der Waals surface area contributed by atoms with E-state index in [0.717, 1.165) is 19.5 Å². The summed E-state index contributed by atoms with van der Waals surface area (Å²) in [6.45, 7) is 4.23. The van der Waals surface area contributed by atoms with Crippen LogP contribution < -0.4 is 5.73 Å². The summed E-state index contributed by atoms with van der Waals surface area (Å²) < 4.78 is 1.17. The summed E-state index contributed by atoms with van der Waals surface area (Å²) in [4.78, 5) is 5.92. The number of rotatable bonds is 7. The number of likely N-dealkylation sites (N-methyl/N-ethyl adjacent to an activating group) is 2. The molecule has 18 heavy (non-hydrogen) atoms. The Kier molecular flexibility index (Phi) is 6.81. The third-order valence-electron chi connectivity index (χ3n) is 3.14. The maximum absolute atomic E-state index is 6.30. The summed E-state index contributed by atoms with van der Waals surface area (Å²) >= 11 is 5.32. The van der Waals surface area contributed by atoms with E-state index in [1.807, 2.05) is 0 Å². The number of nitrogens with zero attached hydrogens (tertiary/aromatic N) is 2. The van der Waals surface area contributed by atoms with Crippen molar-refractivity contribution in [1.29, 1.82) is 0 Å². The van der Waals surface area contributed by atoms with E-state index in [1.165, 1.54) is 8.66 Å². The van der Waals surface area contributed by atoms with E-state index in [0.29, 0.717) is 6.04 Å². The fraction of sp³-hybridized carbons (Fsp3) is 0.692. The van der Waals surface area contributed by atoms with Gasteiger partial charge >= 0.3 is 0 Å². The van der Waals surface area contributed by atoms with Crippen LogP contribution in [0.4, 0.5) is 0 Å². The van der Waals surface area contributed by atoms with Crippen LogP contribution in [-0.4, -0.2) is 50.1 Å². The Morgan fingerprint density at radius 2 is 1.94 bits per heavy atom. The Morgan fingerprint density at radius 3 is 2.39 bits per heavy atom. The van der Waals surface area contributed by atoms with Crippen molar-refractivity contribution in [2.24, 2.45) is 5.73 Å². The molecule has 0 aliphatic heterocycles. The minimum atomic E-state index is 0.183. The van der Waals surface area contributed by atoms with Crippen LogP contribution in [0.25, 0.3) is 0 Å². The third kappa shape index (κ3) is 4.63. The Balaban J connectivity index is 2.78. The van der Waals surface area contributed by atoms with Gasteiger partial charge in [0.05, 0.1) is 9.83 Å². The van der Waals surface area contributed by atoms with Crippen molar-refractivity contribution in [2.75, 3.05) is 34.2 Å². The molecule has 1 heterocycles. The summed E-state index contributed by atoms with van der Waals surface area (Å²) in [5.74, 6) is 0. The monoisotopic (exact) mass is 333 g/mol. The van der Waals surface area contributed by atoms with Crippen LogP contribution in [0.15, 0.2) is 15.9 Å². The van der Waals surface area contributed by atoms with Gasteiger partial charge in [-0.05, 0) is 55.6 Å². The second-order valence-corrected chi connectivity index (χ2v) is 7.44. The molecule has 0 aliphatic carbocycles. The molecule has 0 bridgehead atoms. The lowest BCUT2D eigenvalue weighted by atomic mass is 10.0. The van der Waals surface area contributed by atoms with Gasteiger partial charge in [-0.1, -0.05) is 6.92 Å². The molecular formula is C13H24BrN3S. The highest BCUT2D eigenvalue weighted by atomic mass is 79.9. The van der Waals surface area contributed by atoms with E-state index < -0.39 is 0 Å². The van der Waals surface area contributed by atoms with Gasteiger partial charge in [0.25, 0.3) is 0 Å². The van der Waals surface area contributed by atoms with Crippen molar-refractivity contribution in [2.45, 2.75) is 25.4 Å². The zero-order chi connectivity index (χ0) is 13.7. The first-order valence-corrected chi connectivity index (χ1v) is 7.92. The van der Waals surface area contributed by atoms with Crippen molar-refractivity contribution in [3.8, 4) is 0 Å². The summed E-state index contributed by atoms with van der Waals surface area (Å²) in [7, 11) is 6.37. The molecule has 0 aliphatic rings. The molecule has 0 saturated carbocycles. The first kappa shape index (κ1) is 16.1. The van der Waals surface area contributed by atoms with E-state index in [4.69, 9.17) is 5.73 Å². The largest absolute Gasteiger partial charge is 0.326 e. The number of halogens is 1. The third-order valence-corrected chi connectivity index (χ3v) is 4.83. The van der Waals surface area contributed by atoms with Gasteiger partial charge in [0.2, 0.25) is 0 Å². The maximum Gasteiger partial charge on any atom is 0.0702 e. The van der Waals surface area contributed by atoms with Crippen molar-refractivity contribution >= 4 is 27.3 Å². The quantitative estimate of drug-likeness (QED) is 0.832. The number of hydrogen-bond acceptors (Lipinski definition) is 4. The topological polar surface area (TPSA) is 32.5 Å². The number of hydrogen-bond donors (Lipinski definition) is 1. The van der Waals surface area contributed by atoms with Gasteiger partial charge in [0.15, 0.2) is 0 Å². The lowest BCUT2D eigenvalue weighted by Gasteiger charge is -2.32. The minimum Gasteiger partial charge on any atom is -0.326 e. The van der Waals surface area contributed by atoms with Crippen molar-refractivity contribution in [1.82, 2.24) is 9.80 Å². The van der Waals surface area contributed by atoms with Crippen molar-refractivity contribution < 1.29 is 0 Å². The average molecular weight is 334 g/mol. The molecule has 1 aromatic heterocycles. The van der Waals surface area contributed by atoms with E-state index in [1.54, 1.807) is 11.3 Å². The van der Waals surface area contributed by atoms with Gasteiger partial charge < -0.3 is 10.6 Å². The molecule has 2 atom stereocenters. The van der Waals surface area contributed by atoms with Gasteiger partial charge in [0, 0.05) is 24.0 Å². The van der Waals surface area contributed by atoms with E-state index >= 15 is 0 Å². The van der Waals surface area contributed by atoms with Crippen LogP contribution >= 0.6 is 27.3 Å². The molecule has 5 heteroatoms. The second-order valence-electron chi connectivity index (χ2n) is 4.94. The van der Waals surface area contributed by atoms with Crippen LogP contribution in [0.1, 0.15) is 24.3 Å². The van der Waals surface area contributed by atoms with E-state index in [9.17, 15) is 0 Å². The second kappa shape index (κ2) is 7.60.